The highest BCUT2D eigenvalue weighted by molar-refractivity contribution is 5.97. The Bertz CT molecular complexity index is 44.1. The fourth-order valence-electron chi connectivity index (χ4n) is 0.350. The SMILES string of the molecule is [SiH3]OC[C@@H]1CO1. The normalized spacial score (nSPS) is 31.0. The molecule has 0 saturated carbocycles. The molecule has 0 aliphatic carbocycles. The van der Waals surface area contributed by atoms with Crippen molar-refractivity contribution in [3.8, 4) is 0 Å². The third kappa shape index (κ3) is 1.08. The first-order valence-corrected chi connectivity index (χ1v) is 2.85. The highest BCUT2D eigenvalue weighted by atomic mass is 28.2. The first-order valence-electron chi connectivity index (χ1n) is 2.04. The van der Waals surface area contributed by atoms with Gasteiger partial charge in [-0.05, 0) is 0 Å². The minimum absolute atomic E-state index is 0.461. The molecule has 2 nitrogen and oxygen atoms in total. The molecule has 0 unspecified atom stereocenters. The Labute approximate surface area is 40.0 Å². The lowest BCUT2D eigenvalue weighted by atomic mass is 10.5. The molecular weight excluding hydrogens is 96.1 g/mol. The molecule has 1 heterocycles. The van der Waals surface area contributed by atoms with Crippen molar-refractivity contribution >= 4 is 10.5 Å². The Morgan fingerprint density at radius 2 is 2.67 bits per heavy atom. The van der Waals surface area contributed by atoms with E-state index in [0.717, 1.165) is 23.7 Å². The minimum atomic E-state index is 0.461. The van der Waals surface area contributed by atoms with Gasteiger partial charge in [-0.1, -0.05) is 0 Å². The van der Waals surface area contributed by atoms with Crippen LogP contribution in [0.4, 0.5) is 0 Å². The first-order chi connectivity index (χ1) is 2.93. The summed E-state index contributed by atoms with van der Waals surface area (Å²) in [6, 6.07) is 0. The van der Waals surface area contributed by atoms with E-state index >= 15 is 0 Å². The van der Waals surface area contributed by atoms with Crippen LogP contribution in [0.5, 0.6) is 0 Å². The summed E-state index contributed by atoms with van der Waals surface area (Å²) in [4.78, 5) is 0. The predicted octanol–water partition coefficient (Wildman–Crippen LogP) is -1.32. The number of rotatable bonds is 2. The van der Waals surface area contributed by atoms with Gasteiger partial charge in [-0.3, -0.25) is 0 Å². The molecule has 0 bridgehead atoms. The summed E-state index contributed by atoms with van der Waals surface area (Å²) in [5, 5.41) is 0. The van der Waals surface area contributed by atoms with Crippen molar-refractivity contribution in [2.45, 2.75) is 6.10 Å². The van der Waals surface area contributed by atoms with Gasteiger partial charge in [0.05, 0.1) is 13.2 Å². The summed E-state index contributed by atoms with van der Waals surface area (Å²) in [7, 11) is 0.847. The van der Waals surface area contributed by atoms with E-state index in [1.165, 1.54) is 0 Å². The van der Waals surface area contributed by atoms with Crippen LogP contribution in [0.2, 0.25) is 0 Å². The van der Waals surface area contributed by atoms with Gasteiger partial charge < -0.3 is 9.16 Å². The summed E-state index contributed by atoms with van der Waals surface area (Å²) >= 11 is 0. The zero-order valence-electron chi connectivity index (χ0n) is 3.81. The molecule has 0 amide bonds. The highest BCUT2D eigenvalue weighted by Crippen LogP contribution is 2.06. The fraction of sp³-hybridized carbons (Fsp3) is 1.00. The van der Waals surface area contributed by atoms with E-state index in [1.807, 2.05) is 0 Å². The van der Waals surface area contributed by atoms with E-state index in [4.69, 9.17) is 9.16 Å². The molecule has 0 aromatic heterocycles. The van der Waals surface area contributed by atoms with Gasteiger partial charge >= 0.3 is 0 Å². The summed E-state index contributed by atoms with van der Waals surface area (Å²) in [6.07, 6.45) is 0.461. The molecule has 0 aromatic carbocycles. The second-order valence-electron chi connectivity index (χ2n) is 1.41. The van der Waals surface area contributed by atoms with Gasteiger partial charge in [-0.15, -0.1) is 0 Å². The molecule has 36 valence electrons. The van der Waals surface area contributed by atoms with Crippen molar-refractivity contribution in [1.29, 1.82) is 0 Å². The number of ether oxygens (including phenoxy) is 1. The Kier molecular flexibility index (Phi) is 1.24. The van der Waals surface area contributed by atoms with Gasteiger partial charge in [-0.25, -0.2) is 0 Å². The Morgan fingerprint density at radius 1 is 2.00 bits per heavy atom. The van der Waals surface area contributed by atoms with E-state index in [0.29, 0.717) is 6.10 Å². The van der Waals surface area contributed by atoms with E-state index < -0.39 is 0 Å². The maximum absolute atomic E-state index is 4.88. The van der Waals surface area contributed by atoms with E-state index in [1.54, 1.807) is 0 Å². The second kappa shape index (κ2) is 1.73. The van der Waals surface area contributed by atoms with Crippen LogP contribution in [0, 0.1) is 0 Å². The molecule has 1 rings (SSSR count). The molecule has 0 aromatic rings. The smallest absolute Gasteiger partial charge is 0.146 e. The molecule has 1 saturated heterocycles. The molecule has 0 radical (unpaired) electrons. The molecule has 0 spiro atoms. The van der Waals surface area contributed by atoms with Gasteiger partial charge in [0.15, 0.2) is 0 Å². The lowest BCUT2D eigenvalue weighted by Crippen LogP contribution is -1.96. The minimum Gasteiger partial charge on any atom is -0.425 e. The molecule has 0 N–H and O–H groups in total. The topological polar surface area (TPSA) is 21.8 Å². The summed E-state index contributed by atoms with van der Waals surface area (Å²) in [6.45, 7) is 1.74. The maximum Gasteiger partial charge on any atom is 0.146 e. The Hall–Kier alpha value is 0.137. The number of epoxide rings is 1. The van der Waals surface area contributed by atoms with Crippen LogP contribution >= 0.6 is 0 Å². The molecule has 1 fully saturated rings. The molecule has 6 heavy (non-hydrogen) atoms. The average molecular weight is 104 g/mol. The first kappa shape index (κ1) is 4.30. The second-order valence-corrected chi connectivity index (χ2v) is 1.99. The third-order valence-corrected chi connectivity index (χ3v) is 1.09. The maximum atomic E-state index is 4.88. The molecule has 1 aliphatic heterocycles. The lowest BCUT2D eigenvalue weighted by Gasteiger charge is -1.85. The predicted molar refractivity (Wildman–Crippen MR) is 25.6 cm³/mol. The van der Waals surface area contributed by atoms with Crippen LogP contribution in [0.15, 0.2) is 0 Å². The number of hydrogen-bond donors (Lipinski definition) is 0. The van der Waals surface area contributed by atoms with Crippen LogP contribution in [-0.2, 0) is 9.16 Å². The van der Waals surface area contributed by atoms with Crippen molar-refractivity contribution in [2.75, 3.05) is 13.2 Å². The van der Waals surface area contributed by atoms with Crippen molar-refractivity contribution in [2.24, 2.45) is 0 Å². The zero-order chi connectivity index (χ0) is 4.41. The zero-order valence-corrected chi connectivity index (χ0v) is 5.81. The Morgan fingerprint density at radius 3 is 2.83 bits per heavy atom. The number of hydrogen-bond acceptors (Lipinski definition) is 2. The van der Waals surface area contributed by atoms with Crippen molar-refractivity contribution in [1.82, 2.24) is 0 Å². The quantitative estimate of drug-likeness (QED) is 0.320. The largest absolute Gasteiger partial charge is 0.425 e. The van der Waals surface area contributed by atoms with Gasteiger partial charge in [-0.2, -0.15) is 0 Å². The van der Waals surface area contributed by atoms with Crippen LogP contribution < -0.4 is 0 Å². The van der Waals surface area contributed by atoms with E-state index in [9.17, 15) is 0 Å². The summed E-state index contributed by atoms with van der Waals surface area (Å²) in [5.74, 6) is 0. The van der Waals surface area contributed by atoms with Gasteiger partial charge in [0, 0.05) is 0 Å². The van der Waals surface area contributed by atoms with Crippen LogP contribution in [0.1, 0.15) is 0 Å². The van der Waals surface area contributed by atoms with Gasteiger partial charge in [0.1, 0.15) is 16.6 Å². The van der Waals surface area contributed by atoms with Crippen LogP contribution in [0.25, 0.3) is 0 Å². The monoisotopic (exact) mass is 104 g/mol. The van der Waals surface area contributed by atoms with Gasteiger partial charge in [0.2, 0.25) is 0 Å². The van der Waals surface area contributed by atoms with Crippen molar-refractivity contribution < 1.29 is 9.16 Å². The highest BCUT2D eigenvalue weighted by Gasteiger charge is 2.20. The van der Waals surface area contributed by atoms with E-state index in [-0.39, 0.29) is 0 Å². The van der Waals surface area contributed by atoms with Crippen molar-refractivity contribution in [3.05, 3.63) is 0 Å². The molecular formula is C3H8O2Si. The summed E-state index contributed by atoms with van der Waals surface area (Å²) < 4.78 is 9.73. The van der Waals surface area contributed by atoms with E-state index in [2.05, 4.69) is 0 Å². The van der Waals surface area contributed by atoms with Gasteiger partial charge in [0.25, 0.3) is 0 Å². The molecule has 3 heteroatoms. The molecule has 1 atom stereocenters. The van der Waals surface area contributed by atoms with Crippen LogP contribution in [0.3, 0.4) is 0 Å². The third-order valence-electron chi connectivity index (χ3n) is 0.755. The lowest BCUT2D eigenvalue weighted by molar-refractivity contribution is 0.281. The Balaban J connectivity index is 1.88. The summed E-state index contributed by atoms with van der Waals surface area (Å²) in [5.41, 5.74) is 0. The molecule has 1 aliphatic rings. The standard InChI is InChI=1S/C3H8O2Si/c6-5-2-3-1-4-3/h3H,1-2H2,6H3/t3-/m0/s1. The van der Waals surface area contributed by atoms with Crippen molar-refractivity contribution in [3.63, 3.8) is 0 Å². The fourth-order valence-corrected chi connectivity index (χ4v) is 0.722. The average Bonchev–Trinajstić information content (AvgIpc) is 2.21. The van der Waals surface area contributed by atoms with Crippen LogP contribution in [-0.4, -0.2) is 29.8 Å².